The van der Waals surface area contributed by atoms with E-state index in [4.69, 9.17) is 0 Å². The Hall–Kier alpha value is -2.13. The largest absolute Gasteiger partial charge is 0.348 e. The third-order valence-corrected chi connectivity index (χ3v) is 3.93. The maximum atomic E-state index is 12.4. The van der Waals surface area contributed by atoms with Crippen LogP contribution in [0.5, 0.6) is 0 Å². The number of benzene rings is 3. The summed E-state index contributed by atoms with van der Waals surface area (Å²) < 4.78 is 1.03. The number of carbonyl (C=O) groups is 1. The normalized spacial score (nSPS) is 10.5. The van der Waals surface area contributed by atoms with Crippen molar-refractivity contribution in [2.45, 2.75) is 6.54 Å². The maximum Gasteiger partial charge on any atom is 0.252 e. The van der Waals surface area contributed by atoms with Crippen LogP contribution in [0.15, 0.2) is 71.2 Å². The van der Waals surface area contributed by atoms with E-state index in [1.807, 2.05) is 66.7 Å². The second kappa shape index (κ2) is 6.10. The molecule has 3 heteroatoms. The molecule has 0 spiro atoms. The summed E-state index contributed by atoms with van der Waals surface area (Å²) in [5, 5.41) is 5.03. The lowest BCUT2D eigenvalue weighted by molar-refractivity contribution is 0.0952. The van der Waals surface area contributed by atoms with E-state index in [1.165, 1.54) is 0 Å². The highest BCUT2D eigenvalue weighted by Crippen LogP contribution is 2.18. The molecule has 0 heterocycles. The van der Waals surface area contributed by atoms with E-state index in [0.29, 0.717) is 12.1 Å². The molecule has 0 atom stereocenters. The van der Waals surface area contributed by atoms with E-state index in [9.17, 15) is 4.79 Å². The van der Waals surface area contributed by atoms with E-state index >= 15 is 0 Å². The molecule has 1 N–H and O–H groups in total. The number of nitrogens with one attached hydrogen (secondary N) is 1. The molecule has 0 radical (unpaired) electrons. The minimum absolute atomic E-state index is 0.0466. The van der Waals surface area contributed by atoms with Gasteiger partial charge in [-0.05, 0) is 34.5 Å². The summed E-state index contributed by atoms with van der Waals surface area (Å²) in [6.45, 7) is 0.523. The van der Waals surface area contributed by atoms with Gasteiger partial charge in [0.15, 0.2) is 0 Å². The fourth-order valence-corrected chi connectivity index (χ4v) is 2.57. The number of carbonyl (C=O) groups excluding carboxylic acids is 1. The molecular formula is C18H14BrNO. The molecule has 0 saturated heterocycles. The Bertz CT molecular complexity index is 775. The molecule has 2 nitrogen and oxygen atoms in total. The average molecular weight is 340 g/mol. The van der Waals surface area contributed by atoms with Gasteiger partial charge < -0.3 is 5.32 Å². The molecule has 21 heavy (non-hydrogen) atoms. The van der Waals surface area contributed by atoms with Crippen LogP contribution in [0.2, 0.25) is 0 Å². The molecule has 0 fully saturated rings. The monoisotopic (exact) mass is 339 g/mol. The zero-order chi connectivity index (χ0) is 14.7. The molecule has 3 aromatic rings. The lowest BCUT2D eigenvalue weighted by Gasteiger charge is -2.08. The number of fused-ring (bicyclic) bond motifs is 1. The molecule has 0 aliphatic carbocycles. The highest BCUT2D eigenvalue weighted by molar-refractivity contribution is 9.10. The summed E-state index contributed by atoms with van der Waals surface area (Å²) in [4.78, 5) is 12.4. The molecule has 0 aliphatic heterocycles. The van der Waals surface area contributed by atoms with Crippen LogP contribution in [0.3, 0.4) is 0 Å². The number of hydrogen-bond acceptors (Lipinski definition) is 1. The first-order valence-electron chi connectivity index (χ1n) is 6.74. The average Bonchev–Trinajstić information content (AvgIpc) is 2.53. The van der Waals surface area contributed by atoms with E-state index in [0.717, 1.165) is 20.8 Å². The van der Waals surface area contributed by atoms with Gasteiger partial charge in [0.2, 0.25) is 0 Å². The Kier molecular flexibility index (Phi) is 4.02. The predicted molar refractivity (Wildman–Crippen MR) is 89.3 cm³/mol. The molecular weight excluding hydrogens is 326 g/mol. The summed E-state index contributed by atoms with van der Waals surface area (Å²) in [5.41, 5.74) is 1.79. The fourth-order valence-electron chi connectivity index (χ4n) is 2.30. The predicted octanol–water partition coefficient (Wildman–Crippen LogP) is 4.53. The van der Waals surface area contributed by atoms with Crippen LogP contribution in [0.4, 0.5) is 0 Å². The summed E-state index contributed by atoms with van der Waals surface area (Å²) in [5.74, 6) is -0.0466. The summed E-state index contributed by atoms with van der Waals surface area (Å²) in [7, 11) is 0. The standard InChI is InChI=1S/C18H14BrNO/c19-15-10-8-13(9-11-15)12-20-18(21)17-7-3-5-14-4-1-2-6-16(14)17/h1-11H,12H2,(H,20,21). The second-order valence-corrected chi connectivity index (χ2v) is 5.75. The molecule has 104 valence electrons. The molecule has 0 aliphatic rings. The van der Waals surface area contributed by atoms with Gasteiger partial charge in [-0.2, -0.15) is 0 Å². The maximum absolute atomic E-state index is 12.4. The highest BCUT2D eigenvalue weighted by atomic mass is 79.9. The van der Waals surface area contributed by atoms with Crippen molar-refractivity contribution in [2.75, 3.05) is 0 Å². The van der Waals surface area contributed by atoms with Gasteiger partial charge in [0, 0.05) is 16.6 Å². The van der Waals surface area contributed by atoms with Crippen molar-refractivity contribution in [3.8, 4) is 0 Å². The number of halogens is 1. The van der Waals surface area contributed by atoms with Crippen LogP contribution in [-0.4, -0.2) is 5.91 Å². The van der Waals surface area contributed by atoms with Crippen LogP contribution < -0.4 is 5.32 Å². The van der Waals surface area contributed by atoms with Gasteiger partial charge in [0.25, 0.3) is 5.91 Å². The number of amides is 1. The van der Waals surface area contributed by atoms with Gasteiger partial charge in [-0.1, -0.05) is 64.5 Å². The lowest BCUT2D eigenvalue weighted by atomic mass is 10.0. The van der Waals surface area contributed by atoms with Crippen LogP contribution in [0, 0.1) is 0 Å². The van der Waals surface area contributed by atoms with E-state index in [-0.39, 0.29) is 5.91 Å². The summed E-state index contributed by atoms with van der Waals surface area (Å²) in [6.07, 6.45) is 0. The van der Waals surface area contributed by atoms with Crippen LogP contribution in [0.25, 0.3) is 10.8 Å². The highest BCUT2D eigenvalue weighted by Gasteiger charge is 2.08. The fraction of sp³-hybridized carbons (Fsp3) is 0.0556. The van der Waals surface area contributed by atoms with Crippen molar-refractivity contribution in [3.05, 3.63) is 82.3 Å². The van der Waals surface area contributed by atoms with Crippen LogP contribution in [0.1, 0.15) is 15.9 Å². The Morgan fingerprint density at radius 1 is 0.905 bits per heavy atom. The molecule has 0 saturated carbocycles. The van der Waals surface area contributed by atoms with Gasteiger partial charge >= 0.3 is 0 Å². The summed E-state index contributed by atoms with van der Waals surface area (Å²) in [6, 6.07) is 21.6. The molecule has 0 unspecified atom stereocenters. The minimum Gasteiger partial charge on any atom is -0.348 e. The van der Waals surface area contributed by atoms with Gasteiger partial charge in [-0.25, -0.2) is 0 Å². The van der Waals surface area contributed by atoms with Crippen molar-refractivity contribution < 1.29 is 4.79 Å². The second-order valence-electron chi connectivity index (χ2n) is 4.84. The molecule has 0 aromatic heterocycles. The van der Waals surface area contributed by atoms with Gasteiger partial charge in [0.05, 0.1) is 0 Å². The van der Waals surface area contributed by atoms with Crippen molar-refractivity contribution in [3.63, 3.8) is 0 Å². The smallest absolute Gasteiger partial charge is 0.252 e. The minimum atomic E-state index is -0.0466. The van der Waals surface area contributed by atoms with Gasteiger partial charge in [0.1, 0.15) is 0 Å². The van der Waals surface area contributed by atoms with Gasteiger partial charge in [-0.3, -0.25) is 4.79 Å². The zero-order valence-electron chi connectivity index (χ0n) is 11.3. The van der Waals surface area contributed by atoms with Crippen molar-refractivity contribution >= 4 is 32.6 Å². The zero-order valence-corrected chi connectivity index (χ0v) is 12.9. The topological polar surface area (TPSA) is 29.1 Å². The lowest BCUT2D eigenvalue weighted by Crippen LogP contribution is -2.22. The Labute approximate surface area is 131 Å². The van der Waals surface area contributed by atoms with Crippen LogP contribution >= 0.6 is 15.9 Å². The van der Waals surface area contributed by atoms with E-state index < -0.39 is 0 Å². The van der Waals surface area contributed by atoms with Crippen LogP contribution in [-0.2, 0) is 6.54 Å². The molecule has 1 amide bonds. The Balaban J connectivity index is 1.79. The first-order chi connectivity index (χ1) is 10.2. The van der Waals surface area contributed by atoms with Crippen molar-refractivity contribution in [1.82, 2.24) is 5.32 Å². The number of hydrogen-bond donors (Lipinski definition) is 1. The van der Waals surface area contributed by atoms with E-state index in [2.05, 4.69) is 21.2 Å². The van der Waals surface area contributed by atoms with Gasteiger partial charge in [-0.15, -0.1) is 0 Å². The summed E-state index contributed by atoms with van der Waals surface area (Å²) >= 11 is 3.40. The third-order valence-electron chi connectivity index (χ3n) is 3.40. The SMILES string of the molecule is O=C(NCc1ccc(Br)cc1)c1cccc2ccccc12. The van der Waals surface area contributed by atoms with E-state index in [1.54, 1.807) is 0 Å². The van der Waals surface area contributed by atoms with Crippen molar-refractivity contribution in [1.29, 1.82) is 0 Å². The first-order valence-corrected chi connectivity index (χ1v) is 7.54. The first kappa shape index (κ1) is 13.8. The molecule has 3 rings (SSSR count). The molecule has 0 bridgehead atoms. The quantitative estimate of drug-likeness (QED) is 0.746. The number of rotatable bonds is 3. The Morgan fingerprint density at radius 2 is 1.62 bits per heavy atom. The molecule has 3 aromatic carbocycles. The third kappa shape index (κ3) is 3.14. The van der Waals surface area contributed by atoms with Crippen molar-refractivity contribution in [2.24, 2.45) is 0 Å². The Morgan fingerprint density at radius 3 is 2.43 bits per heavy atom.